The summed E-state index contributed by atoms with van der Waals surface area (Å²) in [6, 6.07) is 11.8. The fraction of sp³-hybridized carbons (Fsp3) is 0.273. The van der Waals surface area contributed by atoms with Crippen LogP contribution in [0.3, 0.4) is 0 Å². The van der Waals surface area contributed by atoms with E-state index in [1.54, 1.807) is 25.1 Å². The molecule has 2 heterocycles. The molecular weight excluding hydrogens is 466 g/mol. The third kappa shape index (κ3) is 4.65. The summed E-state index contributed by atoms with van der Waals surface area (Å²) in [7, 11) is -0.586. The molecule has 1 aromatic heterocycles. The molecule has 174 valence electrons. The second-order valence-electron chi connectivity index (χ2n) is 7.67. The molecule has 0 bridgehead atoms. The van der Waals surface area contributed by atoms with Crippen LogP contribution >= 0.6 is 11.3 Å². The number of hydrogen-bond acceptors (Lipinski definition) is 7. The Bertz CT molecular complexity index is 1360. The highest BCUT2D eigenvalue weighted by molar-refractivity contribution is 7.89. The molecule has 1 aliphatic heterocycles. The quantitative estimate of drug-likeness (QED) is 0.545. The van der Waals surface area contributed by atoms with Gasteiger partial charge in [0.15, 0.2) is 11.5 Å². The van der Waals surface area contributed by atoms with Gasteiger partial charge in [-0.2, -0.15) is 0 Å². The number of thiazole rings is 1. The van der Waals surface area contributed by atoms with Gasteiger partial charge in [-0.1, -0.05) is 29.5 Å². The number of rotatable bonds is 7. The summed E-state index contributed by atoms with van der Waals surface area (Å²) in [5.41, 5.74) is 2.16. The predicted octanol–water partition coefficient (Wildman–Crippen LogP) is 2.18. The van der Waals surface area contributed by atoms with Crippen LogP contribution in [0.1, 0.15) is 26.5 Å². The smallest absolute Gasteiger partial charge is 0.308 e. The molecule has 1 aliphatic rings. The zero-order valence-corrected chi connectivity index (χ0v) is 20.0. The fourth-order valence-electron chi connectivity index (χ4n) is 3.34. The normalized spacial score (nSPS) is 12.8. The lowest BCUT2D eigenvalue weighted by atomic mass is 10.2. The summed E-state index contributed by atoms with van der Waals surface area (Å²) in [5, 5.41) is 2.84. The van der Waals surface area contributed by atoms with Crippen molar-refractivity contribution in [3.8, 4) is 11.5 Å². The van der Waals surface area contributed by atoms with Gasteiger partial charge >= 0.3 is 4.87 Å². The van der Waals surface area contributed by atoms with Crippen LogP contribution in [0.25, 0.3) is 0 Å². The molecule has 0 aliphatic carbocycles. The van der Waals surface area contributed by atoms with Crippen molar-refractivity contribution in [1.29, 1.82) is 0 Å². The van der Waals surface area contributed by atoms with Crippen molar-refractivity contribution in [3.05, 3.63) is 73.8 Å². The van der Waals surface area contributed by atoms with Crippen LogP contribution in [0.15, 0.2) is 52.2 Å². The molecule has 0 radical (unpaired) electrons. The molecule has 2 aromatic carbocycles. The summed E-state index contributed by atoms with van der Waals surface area (Å²) >= 11 is 0.883. The van der Waals surface area contributed by atoms with E-state index in [0.29, 0.717) is 22.1 Å². The number of sulfonamides is 1. The number of fused-ring (bicyclic) bond motifs is 1. The Hall–Kier alpha value is -3.15. The van der Waals surface area contributed by atoms with Crippen molar-refractivity contribution in [2.45, 2.75) is 24.9 Å². The molecule has 4 rings (SSSR count). The molecule has 0 unspecified atom stereocenters. The zero-order valence-electron chi connectivity index (χ0n) is 18.3. The molecule has 1 N–H and O–H groups in total. The van der Waals surface area contributed by atoms with Gasteiger partial charge in [0.1, 0.15) is 4.88 Å². The standard InChI is InChI=1S/C22H23N3O6S2/c1-14-20(21(26)23-11-16-6-9-18-19(10-16)31-13-30-18)32-22(27)25(14)12-15-4-7-17(8-5-15)33(28,29)24(2)3/h4-10H,11-13H2,1-3H3,(H,23,26). The third-order valence-corrected chi connectivity index (χ3v) is 8.19. The molecular formula is C22H23N3O6S2. The molecule has 0 saturated carbocycles. The molecule has 1 amide bonds. The number of nitrogens with one attached hydrogen (secondary N) is 1. The third-order valence-electron chi connectivity index (χ3n) is 5.28. The van der Waals surface area contributed by atoms with Crippen LogP contribution in [-0.4, -0.2) is 44.1 Å². The SMILES string of the molecule is Cc1c(C(=O)NCc2ccc3c(c2)OCO3)sc(=O)n1Cc1ccc(S(=O)(=O)N(C)C)cc1. The maximum atomic E-state index is 12.7. The highest BCUT2D eigenvalue weighted by Gasteiger charge is 2.20. The first-order valence-electron chi connectivity index (χ1n) is 10.1. The van der Waals surface area contributed by atoms with Crippen molar-refractivity contribution in [3.63, 3.8) is 0 Å². The average Bonchev–Trinajstić information content (AvgIpc) is 3.37. The Morgan fingerprint density at radius 3 is 2.45 bits per heavy atom. The number of carbonyl (C=O) groups is 1. The van der Waals surface area contributed by atoms with Gasteiger partial charge in [0.2, 0.25) is 16.8 Å². The van der Waals surface area contributed by atoms with E-state index in [1.807, 2.05) is 12.1 Å². The molecule has 0 saturated heterocycles. The number of amides is 1. The number of nitrogens with zero attached hydrogens (tertiary/aromatic N) is 2. The van der Waals surface area contributed by atoms with E-state index in [9.17, 15) is 18.0 Å². The van der Waals surface area contributed by atoms with Gasteiger partial charge in [0.25, 0.3) is 5.91 Å². The highest BCUT2D eigenvalue weighted by Crippen LogP contribution is 2.32. The summed E-state index contributed by atoms with van der Waals surface area (Å²) in [6.07, 6.45) is 0. The highest BCUT2D eigenvalue weighted by atomic mass is 32.2. The number of ether oxygens (including phenoxy) is 2. The van der Waals surface area contributed by atoms with Gasteiger partial charge in [-0.05, 0) is 42.3 Å². The minimum Gasteiger partial charge on any atom is -0.454 e. The van der Waals surface area contributed by atoms with Crippen LogP contribution in [0.2, 0.25) is 0 Å². The van der Waals surface area contributed by atoms with E-state index >= 15 is 0 Å². The van der Waals surface area contributed by atoms with E-state index in [-0.39, 0.29) is 35.6 Å². The zero-order chi connectivity index (χ0) is 23.8. The van der Waals surface area contributed by atoms with E-state index in [0.717, 1.165) is 26.8 Å². The molecule has 0 spiro atoms. The molecule has 0 atom stereocenters. The lowest BCUT2D eigenvalue weighted by molar-refractivity contribution is 0.0953. The predicted molar refractivity (Wildman–Crippen MR) is 123 cm³/mol. The first-order chi connectivity index (χ1) is 15.7. The molecule has 9 nitrogen and oxygen atoms in total. The van der Waals surface area contributed by atoms with Gasteiger partial charge in [0.05, 0.1) is 11.4 Å². The number of benzene rings is 2. The van der Waals surface area contributed by atoms with E-state index in [2.05, 4.69) is 5.32 Å². The summed E-state index contributed by atoms with van der Waals surface area (Å²) in [4.78, 5) is 25.5. The molecule has 0 fully saturated rings. The van der Waals surface area contributed by atoms with Crippen molar-refractivity contribution in [2.75, 3.05) is 20.9 Å². The number of carbonyl (C=O) groups excluding carboxylic acids is 1. The van der Waals surface area contributed by atoms with Crippen LogP contribution in [0.4, 0.5) is 0 Å². The number of hydrogen-bond donors (Lipinski definition) is 1. The van der Waals surface area contributed by atoms with E-state index in [1.165, 1.54) is 30.8 Å². The van der Waals surface area contributed by atoms with Gasteiger partial charge < -0.3 is 14.8 Å². The van der Waals surface area contributed by atoms with Crippen LogP contribution in [-0.2, 0) is 23.1 Å². The fourth-order valence-corrected chi connectivity index (χ4v) is 5.15. The average molecular weight is 490 g/mol. The largest absolute Gasteiger partial charge is 0.454 e. The topological polar surface area (TPSA) is 107 Å². The minimum absolute atomic E-state index is 0.175. The summed E-state index contributed by atoms with van der Waals surface area (Å²) in [5.74, 6) is 0.972. The minimum atomic E-state index is -3.52. The first kappa shape index (κ1) is 23.0. The second-order valence-corrected chi connectivity index (χ2v) is 10.8. The van der Waals surface area contributed by atoms with Gasteiger partial charge in [-0.15, -0.1) is 0 Å². The van der Waals surface area contributed by atoms with Crippen molar-refractivity contribution < 1.29 is 22.7 Å². The Labute approximate surface area is 195 Å². The van der Waals surface area contributed by atoms with E-state index in [4.69, 9.17) is 9.47 Å². The van der Waals surface area contributed by atoms with Gasteiger partial charge in [-0.3, -0.25) is 14.2 Å². The Kier molecular flexibility index (Phi) is 6.28. The Morgan fingerprint density at radius 2 is 1.76 bits per heavy atom. The Morgan fingerprint density at radius 1 is 1.09 bits per heavy atom. The maximum Gasteiger partial charge on any atom is 0.308 e. The number of aromatic nitrogens is 1. The van der Waals surface area contributed by atoms with Crippen LogP contribution in [0.5, 0.6) is 11.5 Å². The molecule has 3 aromatic rings. The molecule has 11 heteroatoms. The lowest BCUT2D eigenvalue weighted by Gasteiger charge is -2.12. The Balaban J connectivity index is 1.46. The van der Waals surface area contributed by atoms with Crippen molar-refractivity contribution >= 4 is 27.3 Å². The van der Waals surface area contributed by atoms with E-state index < -0.39 is 10.0 Å². The first-order valence-corrected chi connectivity index (χ1v) is 12.3. The van der Waals surface area contributed by atoms with Crippen molar-refractivity contribution in [1.82, 2.24) is 14.2 Å². The van der Waals surface area contributed by atoms with Crippen LogP contribution in [0, 0.1) is 6.92 Å². The van der Waals surface area contributed by atoms with Crippen LogP contribution < -0.4 is 19.7 Å². The van der Waals surface area contributed by atoms with Gasteiger partial charge in [0, 0.05) is 26.3 Å². The lowest BCUT2D eigenvalue weighted by Crippen LogP contribution is -2.23. The van der Waals surface area contributed by atoms with Crippen molar-refractivity contribution in [2.24, 2.45) is 0 Å². The molecule has 33 heavy (non-hydrogen) atoms. The second kappa shape index (κ2) is 9.00. The maximum absolute atomic E-state index is 12.7. The summed E-state index contributed by atoms with van der Waals surface area (Å²) in [6.45, 7) is 2.42. The monoisotopic (exact) mass is 489 g/mol. The van der Waals surface area contributed by atoms with Gasteiger partial charge in [-0.25, -0.2) is 12.7 Å². The summed E-state index contributed by atoms with van der Waals surface area (Å²) < 4.78 is 37.7.